The van der Waals surface area contributed by atoms with E-state index < -0.39 is 0 Å². The van der Waals surface area contributed by atoms with E-state index in [0.717, 1.165) is 28.1 Å². The molecule has 0 atom stereocenters. The molecule has 0 saturated heterocycles. The van der Waals surface area contributed by atoms with Crippen molar-refractivity contribution in [3.8, 4) is 22.8 Å². The summed E-state index contributed by atoms with van der Waals surface area (Å²) in [5.74, 6) is 0.707. The van der Waals surface area contributed by atoms with Gasteiger partial charge in [0.25, 0.3) is 5.91 Å². The zero-order valence-electron chi connectivity index (χ0n) is 19.8. The number of thiazole rings is 1. The van der Waals surface area contributed by atoms with E-state index in [1.54, 1.807) is 6.21 Å². The molecule has 0 spiro atoms. The summed E-state index contributed by atoms with van der Waals surface area (Å²) in [5, 5.41) is 9.85. The van der Waals surface area contributed by atoms with Crippen molar-refractivity contribution < 1.29 is 14.3 Å². The molecule has 4 aromatic rings. The van der Waals surface area contributed by atoms with Gasteiger partial charge in [0.05, 0.1) is 23.0 Å². The summed E-state index contributed by atoms with van der Waals surface area (Å²) in [7, 11) is 0. The van der Waals surface area contributed by atoms with Crippen LogP contribution in [0.1, 0.15) is 18.1 Å². The highest BCUT2D eigenvalue weighted by Gasteiger charge is 2.14. The molecule has 1 amide bonds. The van der Waals surface area contributed by atoms with Crippen molar-refractivity contribution in [2.45, 2.75) is 13.8 Å². The predicted molar refractivity (Wildman–Crippen MR) is 149 cm³/mol. The van der Waals surface area contributed by atoms with E-state index in [9.17, 15) is 4.79 Å². The maximum Gasteiger partial charge on any atom is 0.262 e. The van der Waals surface area contributed by atoms with Crippen molar-refractivity contribution in [3.05, 3.63) is 87.7 Å². The Bertz CT molecular complexity index is 1360. The molecular weight excluding hydrogens is 540 g/mol. The van der Waals surface area contributed by atoms with Gasteiger partial charge in [-0.3, -0.25) is 10.2 Å². The standard InChI is InChI=1S/C27H25BrN4O3S/c1-3-34-24-14-19(15-29-32-27-31-23(17-36-27)20-10-5-4-6-11-20)13-21(28)26(24)35-16-25(33)30-22-12-8-7-9-18(22)2/h4-15,17H,3,16H2,1-2H3,(H,30,33)(H,31,32). The van der Waals surface area contributed by atoms with E-state index in [-0.39, 0.29) is 12.5 Å². The Hall–Kier alpha value is -3.69. The van der Waals surface area contributed by atoms with Gasteiger partial charge < -0.3 is 14.8 Å². The highest BCUT2D eigenvalue weighted by Crippen LogP contribution is 2.36. The number of nitrogens with zero attached hydrogens (tertiary/aromatic N) is 2. The summed E-state index contributed by atoms with van der Waals surface area (Å²) >= 11 is 5.01. The second kappa shape index (κ2) is 12.3. The first-order chi connectivity index (χ1) is 17.5. The van der Waals surface area contributed by atoms with Crippen LogP contribution in [0.15, 0.2) is 81.7 Å². The Morgan fingerprint density at radius 3 is 2.67 bits per heavy atom. The molecule has 0 aliphatic heterocycles. The molecule has 0 unspecified atom stereocenters. The molecule has 1 aromatic heterocycles. The van der Waals surface area contributed by atoms with Crippen molar-refractivity contribution in [2.24, 2.45) is 5.10 Å². The molecule has 0 radical (unpaired) electrons. The molecule has 3 aromatic carbocycles. The number of para-hydroxylation sites is 1. The number of ether oxygens (including phenoxy) is 2. The number of rotatable bonds is 10. The molecule has 4 rings (SSSR count). The summed E-state index contributed by atoms with van der Waals surface area (Å²) in [6.07, 6.45) is 1.67. The van der Waals surface area contributed by atoms with E-state index in [0.29, 0.717) is 27.7 Å². The second-order valence-electron chi connectivity index (χ2n) is 7.69. The van der Waals surface area contributed by atoms with Crippen LogP contribution < -0.4 is 20.2 Å². The van der Waals surface area contributed by atoms with Crippen molar-refractivity contribution in [1.29, 1.82) is 0 Å². The monoisotopic (exact) mass is 564 g/mol. The third-order valence-electron chi connectivity index (χ3n) is 5.05. The number of benzene rings is 3. The molecule has 2 N–H and O–H groups in total. The minimum atomic E-state index is -0.258. The van der Waals surface area contributed by atoms with Gasteiger partial charge in [0.2, 0.25) is 5.13 Å². The van der Waals surface area contributed by atoms with Crippen LogP contribution in [-0.4, -0.2) is 30.3 Å². The van der Waals surface area contributed by atoms with E-state index in [1.807, 2.05) is 86.0 Å². The largest absolute Gasteiger partial charge is 0.490 e. The van der Waals surface area contributed by atoms with Crippen molar-refractivity contribution >= 4 is 50.2 Å². The Morgan fingerprint density at radius 1 is 1.11 bits per heavy atom. The van der Waals surface area contributed by atoms with Crippen LogP contribution in [0.3, 0.4) is 0 Å². The molecule has 36 heavy (non-hydrogen) atoms. The minimum absolute atomic E-state index is 0.157. The highest BCUT2D eigenvalue weighted by atomic mass is 79.9. The lowest BCUT2D eigenvalue weighted by molar-refractivity contribution is -0.118. The zero-order valence-corrected chi connectivity index (χ0v) is 22.2. The molecule has 0 aliphatic carbocycles. The number of hydrogen-bond donors (Lipinski definition) is 2. The van der Waals surface area contributed by atoms with Gasteiger partial charge in [-0.05, 0) is 59.1 Å². The van der Waals surface area contributed by atoms with Crippen molar-refractivity contribution in [2.75, 3.05) is 24.0 Å². The number of amides is 1. The summed E-state index contributed by atoms with van der Waals surface area (Å²) in [6, 6.07) is 21.2. The van der Waals surface area contributed by atoms with Crippen LogP contribution in [0.2, 0.25) is 0 Å². The van der Waals surface area contributed by atoms with E-state index in [2.05, 4.69) is 36.8 Å². The summed E-state index contributed by atoms with van der Waals surface area (Å²) in [5.41, 5.74) is 7.45. The quantitative estimate of drug-likeness (QED) is 0.164. The van der Waals surface area contributed by atoms with Gasteiger partial charge in [-0.1, -0.05) is 48.5 Å². The van der Waals surface area contributed by atoms with Gasteiger partial charge >= 0.3 is 0 Å². The van der Waals surface area contributed by atoms with E-state index in [4.69, 9.17) is 9.47 Å². The van der Waals surface area contributed by atoms with Crippen LogP contribution in [0.4, 0.5) is 10.8 Å². The van der Waals surface area contributed by atoms with Gasteiger partial charge in [-0.25, -0.2) is 4.98 Å². The van der Waals surface area contributed by atoms with Crippen LogP contribution in [0.25, 0.3) is 11.3 Å². The summed E-state index contributed by atoms with van der Waals surface area (Å²) in [6.45, 7) is 4.11. The van der Waals surface area contributed by atoms with Crippen LogP contribution in [-0.2, 0) is 4.79 Å². The maximum atomic E-state index is 12.4. The lowest BCUT2D eigenvalue weighted by Gasteiger charge is -2.15. The first-order valence-electron chi connectivity index (χ1n) is 11.3. The molecule has 0 bridgehead atoms. The number of hydrazone groups is 1. The number of hydrogen-bond acceptors (Lipinski definition) is 7. The number of nitrogens with one attached hydrogen (secondary N) is 2. The minimum Gasteiger partial charge on any atom is -0.490 e. The SMILES string of the molecule is CCOc1cc(C=NNc2nc(-c3ccccc3)cs2)cc(Br)c1OCC(=O)Nc1ccccc1C. The molecule has 0 saturated carbocycles. The third-order valence-corrected chi connectivity index (χ3v) is 6.38. The zero-order chi connectivity index (χ0) is 25.3. The third kappa shape index (κ3) is 6.71. The van der Waals surface area contributed by atoms with E-state index in [1.165, 1.54) is 11.3 Å². The lowest BCUT2D eigenvalue weighted by Crippen LogP contribution is -2.21. The van der Waals surface area contributed by atoms with Crippen molar-refractivity contribution in [1.82, 2.24) is 4.98 Å². The smallest absolute Gasteiger partial charge is 0.262 e. The Kier molecular flexibility index (Phi) is 8.70. The maximum absolute atomic E-state index is 12.4. The topological polar surface area (TPSA) is 84.8 Å². The Morgan fingerprint density at radius 2 is 1.89 bits per heavy atom. The fraction of sp³-hybridized carbons (Fsp3) is 0.148. The number of aromatic nitrogens is 1. The van der Waals surface area contributed by atoms with Gasteiger partial charge in [-0.2, -0.15) is 5.10 Å². The molecular formula is C27H25BrN4O3S. The molecule has 9 heteroatoms. The van der Waals surface area contributed by atoms with Crippen molar-refractivity contribution in [3.63, 3.8) is 0 Å². The number of aryl methyl sites for hydroxylation is 1. The molecule has 0 aliphatic rings. The first kappa shape index (κ1) is 25.4. The Balaban J connectivity index is 1.41. The number of halogens is 1. The molecule has 1 heterocycles. The number of carbonyl (C=O) groups excluding carboxylic acids is 1. The van der Waals surface area contributed by atoms with Gasteiger partial charge in [-0.15, -0.1) is 11.3 Å². The molecule has 184 valence electrons. The normalized spacial score (nSPS) is 10.9. The van der Waals surface area contributed by atoms with Crippen LogP contribution >= 0.6 is 27.3 Å². The summed E-state index contributed by atoms with van der Waals surface area (Å²) in [4.78, 5) is 17.0. The Labute approximate surface area is 222 Å². The van der Waals surface area contributed by atoms with Gasteiger partial charge in [0, 0.05) is 16.6 Å². The molecule has 7 nitrogen and oxygen atoms in total. The van der Waals surface area contributed by atoms with E-state index >= 15 is 0 Å². The highest BCUT2D eigenvalue weighted by molar-refractivity contribution is 9.10. The number of carbonyl (C=O) groups is 1. The van der Waals surface area contributed by atoms with Gasteiger partial charge in [0.1, 0.15) is 0 Å². The van der Waals surface area contributed by atoms with Crippen LogP contribution in [0.5, 0.6) is 11.5 Å². The average molecular weight is 565 g/mol. The lowest BCUT2D eigenvalue weighted by atomic mass is 10.2. The fourth-order valence-electron chi connectivity index (χ4n) is 3.33. The average Bonchev–Trinajstić information content (AvgIpc) is 3.35. The molecule has 0 fully saturated rings. The summed E-state index contributed by atoms with van der Waals surface area (Å²) < 4.78 is 12.2. The first-order valence-corrected chi connectivity index (χ1v) is 13.0. The van der Waals surface area contributed by atoms with Gasteiger partial charge in [0.15, 0.2) is 18.1 Å². The fourth-order valence-corrected chi connectivity index (χ4v) is 4.57. The van der Waals surface area contributed by atoms with Crippen LogP contribution in [0, 0.1) is 6.92 Å². The second-order valence-corrected chi connectivity index (χ2v) is 9.40. The predicted octanol–water partition coefficient (Wildman–Crippen LogP) is 6.74. The number of anilines is 2.